The molecule has 4 nitrogen and oxygen atoms in total. The highest BCUT2D eigenvalue weighted by atomic mass is 16.4. The van der Waals surface area contributed by atoms with E-state index in [2.05, 4.69) is 18.3 Å². The summed E-state index contributed by atoms with van der Waals surface area (Å²) in [5, 5.41) is 12.4. The van der Waals surface area contributed by atoms with Crippen molar-refractivity contribution in [3.63, 3.8) is 0 Å². The molecule has 0 heterocycles. The molecular formula is C18H29NO3. The van der Waals surface area contributed by atoms with E-state index < -0.39 is 11.9 Å². The molecule has 0 aliphatic heterocycles. The number of unbranched alkanes of at least 4 members (excludes halogenated alkanes) is 5. The van der Waals surface area contributed by atoms with E-state index in [1.165, 1.54) is 25.7 Å². The van der Waals surface area contributed by atoms with Gasteiger partial charge in [-0.2, -0.15) is 0 Å². The molecule has 4 heteroatoms. The average Bonchev–Trinajstić information content (AvgIpc) is 2.54. The van der Waals surface area contributed by atoms with Gasteiger partial charge < -0.3 is 10.4 Å². The summed E-state index contributed by atoms with van der Waals surface area (Å²) in [5.41, 5.74) is 0. The first-order valence-corrected chi connectivity index (χ1v) is 8.84. The highest BCUT2D eigenvalue weighted by Gasteiger charge is 2.47. The Labute approximate surface area is 133 Å². The highest BCUT2D eigenvalue weighted by molar-refractivity contribution is 5.86. The van der Waals surface area contributed by atoms with Crippen molar-refractivity contribution in [1.29, 1.82) is 0 Å². The van der Waals surface area contributed by atoms with Crippen LogP contribution in [0.3, 0.4) is 0 Å². The van der Waals surface area contributed by atoms with Crippen LogP contribution in [0.25, 0.3) is 0 Å². The second-order valence-electron chi connectivity index (χ2n) is 6.74. The van der Waals surface area contributed by atoms with Crippen molar-refractivity contribution in [3.8, 4) is 0 Å². The number of carboxylic acids is 1. The maximum Gasteiger partial charge on any atom is 0.307 e. The van der Waals surface area contributed by atoms with E-state index in [4.69, 9.17) is 0 Å². The van der Waals surface area contributed by atoms with Crippen LogP contribution in [-0.4, -0.2) is 23.5 Å². The number of nitrogens with one attached hydrogen (secondary N) is 1. The van der Waals surface area contributed by atoms with E-state index in [9.17, 15) is 14.7 Å². The van der Waals surface area contributed by atoms with E-state index in [1.807, 2.05) is 6.08 Å². The monoisotopic (exact) mass is 307 g/mol. The molecule has 22 heavy (non-hydrogen) atoms. The van der Waals surface area contributed by atoms with Crippen LogP contribution in [0.1, 0.15) is 58.3 Å². The molecule has 0 saturated heterocycles. The van der Waals surface area contributed by atoms with Crippen molar-refractivity contribution < 1.29 is 14.7 Å². The first kappa shape index (κ1) is 17.0. The van der Waals surface area contributed by atoms with Gasteiger partial charge in [0, 0.05) is 6.54 Å². The predicted octanol–water partition coefficient (Wildman–Crippen LogP) is 3.38. The maximum absolute atomic E-state index is 12.4. The lowest BCUT2D eigenvalue weighted by molar-refractivity contribution is -0.152. The fraction of sp³-hybridized carbons (Fsp3) is 0.778. The van der Waals surface area contributed by atoms with Gasteiger partial charge in [-0.05, 0) is 31.1 Å². The van der Waals surface area contributed by atoms with Crippen LogP contribution in [0, 0.1) is 23.7 Å². The van der Waals surface area contributed by atoms with Gasteiger partial charge >= 0.3 is 5.97 Å². The Morgan fingerprint density at radius 1 is 1.00 bits per heavy atom. The fourth-order valence-corrected chi connectivity index (χ4v) is 3.92. The molecule has 124 valence electrons. The third-order valence-electron chi connectivity index (χ3n) is 5.17. The Morgan fingerprint density at radius 2 is 1.59 bits per heavy atom. The lowest BCUT2D eigenvalue weighted by atomic mass is 9.62. The number of allylic oxidation sites excluding steroid dienone is 2. The second kappa shape index (κ2) is 8.35. The standard InChI is InChI=1S/C18H29NO3/c1-2-3-4-5-6-7-12-19-17(20)15-13-8-10-14(11-9-13)16(15)18(21)22/h8,10,13-16H,2-7,9,11-12H2,1H3,(H,19,20)(H,21,22). The quantitative estimate of drug-likeness (QED) is 0.507. The number of aliphatic carboxylic acids is 1. The molecule has 3 aliphatic rings. The van der Waals surface area contributed by atoms with Gasteiger partial charge in [0.15, 0.2) is 0 Å². The molecule has 0 aromatic rings. The summed E-state index contributed by atoms with van der Waals surface area (Å²) >= 11 is 0. The molecule has 0 aromatic heterocycles. The molecule has 1 saturated carbocycles. The van der Waals surface area contributed by atoms with E-state index >= 15 is 0 Å². The minimum absolute atomic E-state index is 0.0345. The van der Waals surface area contributed by atoms with Crippen LogP contribution in [0.2, 0.25) is 0 Å². The molecule has 2 bridgehead atoms. The van der Waals surface area contributed by atoms with Gasteiger partial charge in [0.25, 0.3) is 0 Å². The SMILES string of the molecule is CCCCCCCCNC(=O)C1C2C=CC(CC2)C1C(=O)O. The molecule has 1 fully saturated rings. The number of rotatable bonds is 9. The Bertz CT molecular complexity index is 419. The molecule has 1 amide bonds. The van der Waals surface area contributed by atoms with Crippen LogP contribution in [0.5, 0.6) is 0 Å². The number of carbonyl (C=O) groups is 2. The number of hydrogen-bond donors (Lipinski definition) is 2. The van der Waals surface area contributed by atoms with Crippen LogP contribution >= 0.6 is 0 Å². The molecule has 4 atom stereocenters. The summed E-state index contributed by atoms with van der Waals surface area (Å²) in [4.78, 5) is 24.0. The van der Waals surface area contributed by atoms with Crippen LogP contribution in [-0.2, 0) is 9.59 Å². The summed E-state index contributed by atoms with van der Waals surface area (Å²) in [6.45, 7) is 2.88. The summed E-state index contributed by atoms with van der Waals surface area (Å²) < 4.78 is 0. The maximum atomic E-state index is 12.4. The van der Waals surface area contributed by atoms with Crippen molar-refractivity contribution in [2.24, 2.45) is 23.7 Å². The molecule has 0 aromatic carbocycles. The lowest BCUT2D eigenvalue weighted by Crippen LogP contribution is -2.49. The van der Waals surface area contributed by atoms with Crippen molar-refractivity contribution in [2.45, 2.75) is 58.3 Å². The van der Waals surface area contributed by atoms with Crippen LogP contribution < -0.4 is 5.32 Å². The third-order valence-corrected chi connectivity index (χ3v) is 5.17. The highest BCUT2D eigenvalue weighted by Crippen LogP contribution is 2.45. The molecule has 2 N–H and O–H groups in total. The minimum atomic E-state index is -0.821. The van der Waals surface area contributed by atoms with E-state index in [-0.39, 0.29) is 23.7 Å². The topological polar surface area (TPSA) is 66.4 Å². The Balaban J connectivity index is 1.76. The van der Waals surface area contributed by atoms with Crippen LogP contribution in [0.4, 0.5) is 0 Å². The van der Waals surface area contributed by atoms with Gasteiger partial charge in [-0.25, -0.2) is 0 Å². The zero-order valence-corrected chi connectivity index (χ0v) is 13.6. The Kier molecular flexibility index (Phi) is 6.47. The number of carbonyl (C=O) groups excluding carboxylic acids is 1. The van der Waals surface area contributed by atoms with Crippen molar-refractivity contribution >= 4 is 11.9 Å². The van der Waals surface area contributed by atoms with Crippen molar-refractivity contribution in [2.75, 3.05) is 6.54 Å². The summed E-state index contributed by atoms with van der Waals surface area (Å²) in [6, 6.07) is 0. The Hall–Kier alpha value is -1.32. The molecule has 0 spiro atoms. The van der Waals surface area contributed by atoms with Crippen LogP contribution in [0.15, 0.2) is 12.2 Å². The first-order chi connectivity index (χ1) is 10.6. The minimum Gasteiger partial charge on any atom is -0.481 e. The van der Waals surface area contributed by atoms with Gasteiger partial charge in [0.05, 0.1) is 11.8 Å². The van der Waals surface area contributed by atoms with E-state index in [0.717, 1.165) is 25.7 Å². The van der Waals surface area contributed by atoms with Gasteiger partial charge in [0.1, 0.15) is 0 Å². The van der Waals surface area contributed by atoms with Crippen molar-refractivity contribution in [3.05, 3.63) is 12.2 Å². The molecular weight excluding hydrogens is 278 g/mol. The smallest absolute Gasteiger partial charge is 0.307 e. The second-order valence-corrected chi connectivity index (χ2v) is 6.74. The summed E-state index contributed by atoms with van der Waals surface area (Å²) in [6.07, 6.45) is 13.0. The summed E-state index contributed by atoms with van der Waals surface area (Å²) in [7, 11) is 0. The largest absolute Gasteiger partial charge is 0.481 e. The average molecular weight is 307 g/mol. The molecule has 3 aliphatic carbocycles. The molecule has 4 unspecified atom stereocenters. The summed E-state index contributed by atoms with van der Waals surface area (Å²) in [5.74, 6) is -1.64. The van der Waals surface area contributed by atoms with Gasteiger partial charge in [0.2, 0.25) is 5.91 Å². The number of hydrogen-bond acceptors (Lipinski definition) is 2. The third kappa shape index (κ3) is 4.11. The normalized spacial score (nSPS) is 29.5. The van der Waals surface area contributed by atoms with Gasteiger partial charge in [-0.15, -0.1) is 0 Å². The van der Waals surface area contributed by atoms with E-state index in [0.29, 0.717) is 6.54 Å². The zero-order chi connectivity index (χ0) is 15.9. The zero-order valence-electron chi connectivity index (χ0n) is 13.6. The molecule has 3 rings (SSSR count). The number of amides is 1. The first-order valence-electron chi connectivity index (χ1n) is 8.84. The predicted molar refractivity (Wildman–Crippen MR) is 86.4 cm³/mol. The van der Waals surface area contributed by atoms with E-state index in [1.54, 1.807) is 0 Å². The van der Waals surface area contributed by atoms with Crippen molar-refractivity contribution in [1.82, 2.24) is 5.32 Å². The van der Waals surface area contributed by atoms with Gasteiger partial charge in [-0.1, -0.05) is 51.2 Å². The number of fused-ring (bicyclic) bond motifs is 2. The van der Waals surface area contributed by atoms with Gasteiger partial charge in [-0.3, -0.25) is 9.59 Å². The number of carboxylic acid groups (broad SMARTS) is 1. The molecule has 0 radical (unpaired) electrons. The lowest BCUT2D eigenvalue weighted by Gasteiger charge is -2.41. The fourth-order valence-electron chi connectivity index (χ4n) is 3.92. The Morgan fingerprint density at radius 3 is 2.18 bits per heavy atom.